The Morgan fingerprint density at radius 1 is 1.12 bits per heavy atom. The Bertz CT molecular complexity index is 1060. The molecule has 3 rings (SSSR count). The van der Waals surface area contributed by atoms with E-state index in [4.69, 9.17) is 14.6 Å². The summed E-state index contributed by atoms with van der Waals surface area (Å²) in [5.74, 6) is -3.10. The summed E-state index contributed by atoms with van der Waals surface area (Å²) in [6.45, 7) is 3.88. The van der Waals surface area contributed by atoms with Gasteiger partial charge in [-0.3, -0.25) is 9.00 Å². The number of benzene rings is 2. The van der Waals surface area contributed by atoms with Gasteiger partial charge < -0.3 is 14.7 Å². The summed E-state index contributed by atoms with van der Waals surface area (Å²) in [4.78, 5) is 10.2. The molecule has 0 spiro atoms. The first-order chi connectivity index (χ1) is 18.2. The van der Waals surface area contributed by atoms with Crippen LogP contribution in [0.5, 0.6) is 5.75 Å². The molecule has 13 heteroatoms. The number of alkyl halides is 6. The SMILES string of the molecule is C.CCC(C)(F)F.CCC(F)CCOc1cc2c(cc1C(F)(F)F)N(c1ccc(F)cc1)CCCS2=O.O=CO. The summed E-state index contributed by atoms with van der Waals surface area (Å²) in [6.07, 6.45) is -5.25. The average molecular weight is 604 g/mol. The molecule has 1 heterocycles. The zero-order valence-electron chi connectivity index (χ0n) is 21.7. The zero-order valence-corrected chi connectivity index (χ0v) is 22.6. The Morgan fingerprint density at radius 3 is 2.15 bits per heavy atom. The number of hydrogen-bond donors (Lipinski definition) is 1. The van der Waals surface area contributed by atoms with Crippen molar-refractivity contribution in [1.29, 1.82) is 0 Å². The number of halogens is 7. The van der Waals surface area contributed by atoms with Gasteiger partial charge in [-0.2, -0.15) is 13.2 Å². The highest BCUT2D eigenvalue weighted by molar-refractivity contribution is 7.85. The summed E-state index contributed by atoms with van der Waals surface area (Å²) in [6, 6.07) is 7.45. The largest absolute Gasteiger partial charge is 0.493 e. The van der Waals surface area contributed by atoms with Crippen molar-refractivity contribution in [3.8, 4) is 5.75 Å². The van der Waals surface area contributed by atoms with E-state index < -0.39 is 46.2 Å². The molecule has 0 saturated carbocycles. The van der Waals surface area contributed by atoms with E-state index in [0.29, 0.717) is 18.7 Å². The predicted octanol–water partition coefficient (Wildman–Crippen LogP) is 8.40. The van der Waals surface area contributed by atoms with Crippen LogP contribution >= 0.6 is 0 Å². The second-order valence-corrected chi connectivity index (χ2v) is 10.1. The Labute approximate surface area is 232 Å². The van der Waals surface area contributed by atoms with E-state index in [0.717, 1.165) is 19.1 Å². The summed E-state index contributed by atoms with van der Waals surface area (Å²) in [7, 11) is -1.53. The van der Waals surface area contributed by atoms with Gasteiger partial charge in [0.05, 0.1) is 33.6 Å². The maximum atomic E-state index is 13.8. The number of hydrogen-bond acceptors (Lipinski definition) is 4. The van der Waals surface area contributed by atoms with E-state index >= 15 is 0 Å². The molecule has 2 aromatic rings. The molecule has 0 aromatic heterocycles. The fourth-order valence-electron chi connectivity index (χ4n) is 3.26. The number of nitrogens with zero attached hydrogens (tertiary/aromatic N) is 1. The van der Waals surface area contributed by atoms with Crippen molar-refractivity contribution in [1.82, 2.24) is 0 Å². The van der Waals surface area contributed by atoms with Gasteiger partial charge in [0.2, 0.25) is 5.92 Å². The summed E-state index contributed by atoms with van der Waals surface area (Å²) < 4.78 is 109. The molecule has 1 aliphatic rings. The van der Waals surface area contributed by atoms with E-state index in [9.17, 15) is 34.9 Å². The number of anilines is 2. The number of ether oxygens (including phenoxy) is 1. The lowest BCUT2D eigenvalue weighted by Crippen LogP contribution is -2.20. The smallest absolute Gasteiger partial charge is 0.420 e. The minimum absolute atomic E-state index is 0. The zero-order chi connectivity index (χ0) is 29.8. The Hall–Kier alpha value is -2.83. The fourth-order valence-corrected chi connectivity index (χ4v) is 4.51. The Kier molecular flexibility index (Phi) is 15.9. The van der Waals surface area contributed by atoms with Gasteiger partial charge in [0.1, 0.15) is 17.7 Å². The van der Waals surface area contributed by atoms with Crippen molar-refractivity contribution in [3.63, 3.8) is 0 Å². The van der Waals surface area contributed by atoms with E-state index in [2.05, 4.69) is 0 Å². The van der Waals surface area contributed by atoms with Crippen molar-refractivity contribution >= 4 is 28.6 Å². The minimum Gasteiger partial charge on any atom is -0.493 e. The van der Waals surface area contributed by atoms with Crippen LogP contribution in [0.25, 0.3) is 0 Å². The van der Waals surface area contributed by atoms with E-state index in [-0.39, 0.29) is 56.1 Å². The Morgan fingerprint density at radius 2 is 1.68 bits per heavy atom. The monoisotopic (exact) mass is 603 g/mol. The highest BCUT2D eigenvalue weighted by atomic mass is 32.2. The first kappa shape index (κ1) is 37.2. The van der Waals surface area contributed by atoms with Gasteiger partial charge >= 0.3 is 6.18 Å². The van der Waals surface area contributed by atoms with Gasteiger partial charge in [-0.25, -0.2) is 17.6 Å². The van der Waals surface area contributed by atoms with Gasteiger partial charge in [-0.05, 0) is 56.2 Å². The molecule has 0 saturated heterocycles. The molecule has 2 unspecified atom stereocenters. The average Bonchev–Trinajstić information content (AvgIpc) is 3.02. The third-order valence-corrected chi connectivity index (χ3v) is 6.98. The number of carboxylic acid groups (broad SMARTS) is 1. The van der Waals surface area contributed by atoms with Crippen LogP contribution in [0.1, 0.15) is 59.4 Å². The summed E-state index contributed by atoms with van der Waals surface area (Å²) in [5.41, 5.74) is -0.366. The van der Waals surface area contributed by atoms with E-state index in [1.165, 1.54) is 31.2 Å². The molecule has 5 nitrogen and oxygen atoms in total. The van der Waals surface area contributed by atoms with Gasteiger partial charge in [0.25, 0.3) is 6.47 Å². The van der Waals surface area contributed by atoms with E-state index in [1.807, 2.05) is 0 Å². The van der Waals surface area contributed by atoms with Crippen molar-refractivity contribution in [2.24, 2.45) is 0 Å². The lowest BCUT2D eigenvalue weighted by atomic mass is 10.1. The number of fused-ring (bicyclic) bond motifs is 1. The normalized spacial score (nSPS) is 15.6. The molecule has 2 atom stereocenters. The van der Waals surface area contributed by atoms with Crippen LogP contribution in [0.15, 0.2) is 41.3 Å². The van der Waals surface area contributed by atoms with Crippen LogP contribution in [0.2, 0.25) is 0 Å². The van der Waals surface area contributed by atoms with Gasteiger partial charge in [0.15, 0.2) is 0 Å². The standard InChI is InChI=1S/C21H22F5NO2S.C4H8F2.CH2O2.CH4/c1-2-14(22)8-10-29-19-13-20-18(12-17(19)21(24,25)26)27(9-3-11-30(20)28)16-6-4-15(23)5-7-16;1-3-4(2,5)6;2-1-3;/h4-7,12-14H,2-3,8-11H2,1H3;3H2,1-2H3;1H,(H,2,3);1H4. The van der Waals surface area contributed by atoms with Crippen LogP contribution in [0, 0.1) is 5.82 Å². The lowest BCUT2D eigenvalue weighted by molar-refractivity contribution is -0.139. The Balaban J connectivity index is 0.00000133. The maximum absolute atomic E-state index is 13.8. The third kappa shape index (κ3) is 12.1. The fraction of sp³-hybridized carbons (Fsp3) is 0.519. The lowest BCUT2D eigenvalue weighted by Gasteiger charge is -2.26. The van der Waals surface area contributed by atoms with Gasteiger partial charge in [0, 0.05) is 30.8 Å². The maximum Gasteiger partial charge on any atom is 0.420 e. The van der Waals surface area contributed by atoms with Crippen LogP contribution in [0.3, 0.4) is 0 Å². The number of carbonyl (C=O) groups is 1. The topological polar surface area (TPSA) is 66.8 Å². The van der Waals surface area contributed by atoms with Crippen molar-refractivity contribution in [2.75, 3.05) is 23.8 Å². The van der Waals surface area contributed by atoms with Crippen LogP contribution < -0.4 is 9.64 Å². The third-order valence-electron chi connectivity index (χ3n) is 5.50. The highest BCUT2D eigenvalue weighted by Gasteiger charge is 2.37. The molecule has 1 aliphatic heterocycles. The van der Waals surface area contributed by atoms with Gasteiger partial charge in [-0.15, -0.1) is 0 Å². The molecule has 0 aliphatic carbocycles. The van der Waals surface area contributed by atoms with Crippen molar-refractivity contribution in [3.05, 3.63) is 47.8 Å². The molecule has 40 heavy (non-hydrogen) atoms. The molecule has 1 N–H and O–H groups in total. The molecular formula is C27H36F7NO4S. The highest BCUT2D eigenvalue weighted by Crippen LogP contribution is 2.44. The van der Waals surface area contributed by atoms with Crippen LogP contribution in [0.4, 0.5) is 42.1 Å². The minimum atomic E-state index is -4.72. The van der Waals surface area contributed by atoms with E-state index in [1.54, 1.807) is 11.8 Å². The number of rotatable bonds is 7. The summed E-state index contributed by atoms with van der Waals surface area (Å²) >= 11 is 0. The molecule has 0 bridgehead atoms. The molecule has 0 radical (unpaired) electrons. The molecule has 228 valence electrons. The molecule has 0 fully saturated rings. The summed E-state index contributed by atoms with van der Waals surface area (Å²) in [5, 5.41) is 6.89. The first-order valence-electron chi connectivity index (χ1n) is 12.1. The quantitative estimate of drug-likeness (QED) is 0.254. The van der Waals surface area contributed by atoms with Crippen molar-refractivity contribution < 1.29 is 49.6 Å². The van der Waals surface area contributed by atoms with Gasteiger partial charge in [-0.1, -0.05) is 21.3 Å². The van der Waals surface area contributed by atoms with Crippen LogP contribution in [-0.2, 0) is 21.8 Å². The predicted molar refractivity (Wildman–Crippen MR) is 142 cm³/mol. The van der Waals surface area contributed by atoms with Crippen LogP contribution in [-0.4, -0.2) is 46.8 Å². The second-order valence-electron chi connectivity index (χ2n) is 8.52. The molecular weight excluding hydrogens is 567 g/mol. The van der Waals surface area contributed by atoms with Crippen molar-refractivity contribution in [2.45, 2.75) is 77.0 Å². The molecule has 0 amide bonds. The second kappa shape index (κ2) is 17.1. The first-order valence-corrected chi connectivity index (χ1v) is 13.4. The molecule has 2 aromatic carbocycles.